The Morgan fingerprint density at radius 2 is 2.00 bits per heavy atom. The molecule has 3 heterocycles. The number of fused-ring (bicyclic) bond motifs is 2. The van der Waals surface area contributed by atoms with Crippen molar-refractivity contribution in [1.29, 1.82) is 0 Å². The second kappa shape index (κ2) is 6.83. The van der Waals surface area contributed by atoms with Gasteiger partial charge in [-0.05, 0) is 12.5 Å². The number of carbonyl (C=O) groups excluding carboxylic acids is 1. The lowest BCUT2D eigenvalue weighted by atomic mass is 10.1. The number of aromatic amines is 1. The van der Waals surface area contributed by atoms with Crippen molar-refractivity contribution in [3.8, 4) is 0 Å². The van der Waals surface area contributed by atoms with Crippen LogP contribution in [-0.4, -0.2) is 42.3 Å². The Labute approximate surface area is 152 Å². The van der Waals surface area contributed by atoms with Gasteiger partial charge in [-0.15, -0.1) is 0 Å². The number of nitrogens with one attached hydrogen (secondary N) is 1. The van der Waals surface area contributed by atoms with Crippen LogP contribution in [0.2, 0.25) is 0 Å². The third-order valence-electron chi connectivity index (χ3n) is 4.10. The third-order valence-corrected chi connectivity index (χ3v) is 4.10. The SMILES string of the molecule is Nc1ncnc2c1ncn2CCCOC(=O)c1n[nH]c(=O)c2ccccc12. The van der Waals surface area contributed by atoms with E-state index in [0.717, 1.165) is 0 Å². The Kier molecular flexibility index (Phi) is 4.21. The third kappa shape index (κ3) is 3.08. The van der Waals surface area contributed by atoms with Gasteiger partial charge in [-0.3, -0.25) is 4.79 Å². The van der Waals surface area contributed by atoms with Crippen LogP contribution in [0, 0.1) is 0 Å². The number of rotatable bonds is 5. The van der Waals surface area contributed by atoms with Gasteiger partial charge in [0.1, 0.15) is 11.8 Å². The highest BCUT2D eigenvalue weighted by atomic mass is 16.5. The lowest BCUT2D eigenvalue weighted by molar-refractivity contribution is 0.0490. The number of imidazole rings is 1. The number of nitrogens with two attached hydrogens (primary N) is 1. The molecule has 0 aliphatic carbocycles. The lowest BCUT2D eigenvalue weighted by Crippen LogP contribution is -2.16. The molecule has 136 valence electrons. The normalized spacial score (nSPS) is 11.1. The molecule has 10 heteroatoms. The number of H-pyrrole nitrogens is 1. The highest BCUT2D eigenvalue weighted by Gasteiger charge is 2.15. The number of aromatic nitrogens is 6. The van der Waals surface area contributed by atoms with E-state index in [4.69, 9.17) is 10.5 Å². The van der Waals surface area contributed by atoms with E-state index in [9.17, 15) is 9.59 Å². The predicted molar refractivity (Wildman–Crippen MR) is 97.0 cm³/mol. The quantitative estimate of drug-likeness (QED) is 0.392. The molecular formula is C17H15N7O3. The van der Waals surface area contributed by atoms with Gasteiger partial charge in [0.2, 0.25) is 0 Å². The lowest BCUT2D eigenvalue weighted by Gasteiger charge is -2.07. The molecule has 10 nitrogen and oxygen atoms in total. The van der Waals surface area contributed by atoms with E-state index in [1.165, 1.54) is 6.33 Å². The first-order valence-electron chi connectivity index (χ1n) is 8.21. The monoisotopic (exact) mass is 365 g/mol. The van der Waals surface area contributed by atoms with Crippen molar-refractivity contribution >= 4 is 33.7 Å². The number of esters is 1. The largest absolute Gasteiger partial charge is 0.461 e. The van der Waals surface area contributed by atoms with Gasteiger partial charge in [-0.2, -0.15) is 5.10 Å². The second-order valence-corrected chi connectivity index (χ2v) is 5.81. The van der Waals surface area contributed by atoms with Crippen LogP contribution in [0.5, 0.6) is 0 Å². The van der Waals surface area contributed by atoms with E-state index < -0.39 is 5.97 Å². The Hall–Kier alpha value is -3.82. The van der Waals surface area contributed by atoms with Crippen LogP contribution in [0.15, 0.2) is 41.7 Å². The summed E-state index contributed by atoms with van der Waals surface area (Å²) in [6.45, 7) is 0.717. The summed E-state index contributed by atoms with van der Waals surface area (Å²) in [6.07, 6.45) is 3.54. The van der Waals surface area contributed by atoms with Crippen LogP contribution in [0.4, 0.5) is 5.82 Å². The molecule has 0 amide bonds. The van der Waals surface area contributed by atoms with E-state index in [2.05, 4.69) is 25.1 Å². The van der Waals surface area contributed by atoms with Gasteiger partial charge in [0, 0.05) is 11.9 Å². The average Bonchev–Trinajstić information content (AvgIpc) is 3.10. The first-order chi connectivity index (χ1) is 13.1. The van der Waals surface area contributed by atoms with Crippen LogP contribution < -0.4 is 11.3 Å². The Morgan fingerprint density at radius 3 is 2.85 bits per heavy atom. The van der Waals surface area contributed by atoms with E-state index in [1.807, 2.05) is 4.57 Å². The van der Waals surface area contributed by atoms with Crippen molar-refractivity contribution in [3.05, 3.63) is 53.0 Å². The van der Waals surface area contributed by atoms with Gasteiger partial charge in [-0.25, -0.2) is 24.8 Å². The summed E-state index contributed by atoms with van der Waals surface area (Å²) in [6, 6.07) is 6.75. The smallest absolute Gasteiger partial charge is 0.359 e. The van der Waals surface area contributed by atoms with E-state index >= 15 is 0 Å². The molecule has 27 heavy (non-hydrogen) atoms. The average molecular weight is 365 g/mol. The molecule has 0 fully saturated rings. The van der Waals surface area contributed by atoms with Gasteiger partial charge in [0.05, 0.1) is 18.3 Å². The number of hydrogen-bond acceptors (Lipinski definition) is 8. The van der Waals surface area contributed by atoms with Crippen LogP contribution in [-0.2, 0) is 11.3 Å². The number of nitrogens with zero attached hydrogens (tertiary/aromatic N) is 5. The van der Waals surface area contributed by atoms with Crippen LogP contribution >= 0.6 is 0 Å². The maximum absolute atomic E-state index is 12.3. The van der Waals surface area contributed by atoms with Gasteiger partial charge < -0.3 is 15.0 Å². The molecule has 1 aromatic carbocycles. The first-order valence-corrected chi connectivity index (χ1v) is 8.21. The summed E-state index contributed by atoms with van der Waals surface area (Å²) in [5.74, 6) is -0.272. The second-order valence-electron chi connectivity index (χ2n) is 5.81. The summed E-state index contributed by atoms with van der Waals surface area (Å²) in [5, 5.41) is 6.99. The maximum atomic E-state index is 12.3. The number of hydrogen-bond donors (Lipinski definition) is 2. The molecule has 3 N–H and O–H groups in total. The number of anilines is 1. The van der Waals surface area contributed by atoms with Crippen molar-refractivity contribution in [1.82, 2.24) is 29.7 Å². The fourth-order valence-corrected chi connectivity index (χ4v) is 2.80. The molecule has 4 rings (SSSR count). The molecule has 4 aromatic rings. The molecular weight excluding hydrogens is 350 g/mol. The Balaban J connectivity index is 1.42. The molecule has 0 aliphatic rings. The molecule has 0 spiro atoms. The highest BCUT2D eigenvalue weighted by molar-refractivity contribution is 6.01. The number of nitrogen functional groups attached to an aromatic ring is 1. The van der Waals surface area contributed by atoms with Crippen LogP contribution in [0.25, 0.3) is 21.9 Å². The summed E-state index contributed by atoms with van der Waals surface area (Å²) < 4.78 is 7.11. The molecule has 0 atom stereocenters. The molecule has 0 aliphatic heterocycles. The van der Waals surface area contributed by atoms with Crippen molar-refractivity contribution in [2.75, 3.05) is 12.3 Å². The summed E-state index contributed by atoms with van der Waals surface area (Å²) in [7, 11) is 0. The molecule has 0 unspecified atom stereocenters. The zero-order valence-corrected chi connectivity index (χ0v) is 14.1. The fraction of sp³-hybridized carbons (Fsp3) is 0.176. The first kappa shape index (κ1) is 16.6. The fourth-order valence-electron chi connectivity index (χ4n) is 2.80. The van der Waals surface area contributed by atoms with Gasteiger partial charge in [0.15, 0.2) is 17.2 Å². The number of benzene rings is 1. The van der Waals surface area contributed by atoms with E-state index in [0.29, 0.717) is 40.7 Å². The molecule has 3 aromatic heterocycles. The number of carbonyl (C=O) groups is 1. The van der Waals surface area contributed by atoms with Crippen molar-refractivity contribution in [3.63, 3.8) is 0 Å². The zero-order chi connectivity index (χ0) is 18.8. The van der Waals surface area contributed by atoms with Gasteiger partial charge in [0.25, 0.3) is 5.56 Å². The van der Waals surface area contributed by atoms with Crippen molar-refractivity contribution < 1.29 is 9.53 Å². The van der Waals surface area contributed by atoms with Gasteiger partial charge >= 0.3 is 5.97 Å². The zero-order valence-electron chi connectivity index (χ0n) is 14.1. The number of ether oxygens (including phenoxy) is 1. The predicted octanol–water partition coefficient (Wildman–Crippen LogP) is 0.892. The number of aryl methyl sites for hydroxylation is 1. The van der Waals surface area contributed by atoms with Crippen LogP contribution in [0.1, 0.15) is 16.9 Å². The topological polar surface area (TPSA) is 142 Å². The molecule has 0 bridgehead atoms. The molecule has 0 radical (unpaired) electrons. The van der Waals surface area contributed by atoms with Crippen molar-refractivity contribution in [2.45, 2.75) is 13.0 Å². The highest BCUT2D eigenvalue weighted by Crippen LogP contribution is 2.15. The standard InChI is InChI=1S/C17H15N7O3/c18-14-13-15(20-8-19-14)24(9-21-13)6-3-7-27-17(26)12-10-4-1-2-5-11(10)16(25)23-22-12/h1-2,4-5,8-9H,3,6-7H2,(H,23,25)(H2,18,19,20). The van der Waals surface area contributed by atoms with Crippen LogP contribution in [0.3, 0.4) is 0 Å². The Bertz CT molecular complexity index is 1200. The minimum atomic E-state index is -0.593. The summed E-state index contributed by atoms with van der Waals surface area (Å²) in [5.41, 5.74) is 6.65. The summed E-state index contributed by atoms with van der Waals surface area (Å²) in [4.78, 5) is 36.3. The minimum Gasteiger partial charge on any atom is -0.461 e. The van der Waals surface area contributed by atoms with Crippen molar-refractivity contribution in [2.24, 2.45) is 0 Å². The van der Waals surface area contributed by atoms with E-state index in [-0.39, 0.29) is 17.9 Å². The molecule has 0 saturated carbocycles. The molecule has 0 saturated heterocycles. The van der Waals surface area contributed by atoms with E-state index in [1.54, 1.807) is 30.6 Å². The maximum Gasteiger partial charge on any atom is 0.359 e. The minimum absolute atomic E-state index is 0.0822. The summed E-state index contributed by atoms with van der Waals surface area (Å²) >= 11 is 0. The van der Waals surface area contributed by atoms with Gasteiger partial charge in [-0.1, -0.05) is 18.2 Å². The Morgan fingerprint density at radius 1 is 1.19 bits per heavy atom.